The van der Waals surface area contributed by atoms with Gasteiger partial charge in [-0.2, -0.15) is 0 Å². The van der Waals surface area contributed by atoms with Gasteiger partial charge in [0.1, 0.15) is 12.1 Å². The van der Waals surface area contributed by atoms with Gasteiger partial charge in [-0.25, -0.2) is 0 Å². The van der Waals surface area contributed by atoms with E-state index in [1.165, 1.54) is 0 Å². The van der Waals surface area contributed by atoms with Gasteiger partial charge < -0.3 is 9.47 Å². The largest absolute Gasteiger partial charge is 0.461 e. The van der Waals surface area contributed by atoms with Gasteiger partial charge in [0, 0.05) is 19.6 Å². The number of benzene rings is 1. The quantitative estimate of drug-likeness (QED) is 0.143. The molecule has 0 amide bonds. The fourth-order valence-corrected chi connectivity index (χ4v) is 4.48. The van der Waals surface area contributed by atoms with Crippen molar-refractivity contribution in [2.24, 2.45) is 16.8 Å². The topological polar surface area (TPSA) is 77.0 Å². The number of ketones is 1. The summed E-state index contributed by atoms with van der Waals surface area (Å²) in [6.45, 7) is 14.7. The van der Waals surface area contributed by atoms with E-state index in [-0.39, 0.29) is 36.3 Å². The van der Waals surface area contributed by atoms with Crippen LogP contribution in [0.15, 0.2) is 46.5 Å². The van der Waals surface area contributed by atoms with Crippen LogP contribution in [0, 0.1) is 18.8 Å². The van der Waals surface area contributed by atoms with Crippen molar-refractivity contribution in [3.63, 3.8) is 0 Å². The van der Waals surface area contributed by atoms with Crippen molar-refractivity contribution in [1.29, 1.82) is 0 Å². The van der Waals surface area contributed by atoms with E-state index >= 15 is 0 Å². The van der Waals surface area contributed by atoms with Crippen molar-refractivity contribution in [1.82, 2.24) is 5.32 Å². The Kier molecular flexibility index (Phi) is 12.4. The molecule has 1 saturated carbocycles. The second kappa shape index (κ2) is 15.0. The monoisotopic (exact) mass is 510 g/mol. The highest BCUT2D eigenvalue weighted by Gasteiger charge is 2.25. The molecule has 0 aliphatic heterocycles. The molecular formula is C31H46N2O4. The number of hydrogen-bond acceptors (Lipinski definition) is 6. The van der Waals surface area contributed by atoms with E-state index in [4.69, 9.17) is 14.5 Å². The van der Waals surface area contributed by atoms with Gasteiger partial charge in [0.05, 0.1) is 18.0 Å². The standard InChI is InChI=1S/C31H46N2O4/c1-9-25(16-23(7)30(34)21(4)5)29(20(2)3)33-27-17-24(15-14-22(27)6)18-32-28(19-36-8)31(35)37-26-12-10-11-13-26/h9,14-17,20-21,26,28,32H,10-13,18-19H2,1-8H3/b23-16-,25-9+,33-29?. The average molecular weight is 511 g/mol. The molecule has 0 heterocycles. The van der Waals surface area contributed by atoms with E-state index in [1.54, 1.807) is 7.11 Å². The van der Waals surface area contributed by atoms with E-state index in [1.807, 2.05) is 52.8 Å². The van der Waals surface area contributed by atoms with Gasteiger partial charge in [0.25, 0.3) is 0 Å². The van der Waals surface area contributed by atoms with E-state index in [2.05, 4.69) is 31.3 Å². The van der Waals surface area contributed by atoms with Crippen molar-refractivity contribution >= 4 is 23.2 Å². The van der Waals surface area contributed by atoms with E-state index in [0.717, 1.165) is 59.4 Å². The number of hydrogen-bond donors (Lipinski definition) is 1. The Labute approximate surface area is 223 Å². The molecule has 0 aromatic heterocycles. The highest BCUT2D eigenvalue weighted by molar-refractivity contribution is 6.07. The summed E-state index contributed by atoms with van der Waals surface area (Å²) in [6, 6.07) is 5.63. The molecule has 1 aromatic rings. The maximum absolute atomic E-state index is 12.7. The lowest BCUT2D eigenvalue weighted by Crippen LogP contribution is -2.42. The first kappa shape index (κ1) is 30.7. The molecule has 1 aliphatic rings. The molecular weight excluding hydrogens is 464 g/mol. The maximum atomic E-state index is 12.7. The minimum Gasteiger partial charge on any atom is -0.461 e. The summed E-state index contributed by atoms with van der Waals surface area (Å²) in [5.74, 6) is 0.0143. The Balaban J connectivity index is 2.25. The fraction of sp³-hybridized carbons (Fsp3) is 0.581. The van der Waals surface area contributed by atoms with Crippen molar-refractivity contribution in [2.45, 2.75) is 92.8 Å². The lowest BCUT2D eigenvalue weighted by atomic mass is 9.94. The Bertz CT molecular complexity index is 1010. The van der Waals surface area contributed by atoms with Crippen LogP contribution in [0.5, 0.6) is 0 Å². The number of rotatable bonds is 13. The van der Waals surface area contributed by atoms with Gasteiger partial charge in [-0.3, -0.25) is 19.9 Å². The van der Waals surface area contributed by atoms with Crippen LogP contribution in [0.2, 0.25) is 0 Å². The molecule has 37 heavy (non-hydrogen) atoms. The third kappa shape index (κ3) is 9.35. The number of aryl methyl sites for hydroxylation is 1. The van der Waals surface area contributed by atoms with Crippen LogP contribution in [-0.4, -0.2) is 43.3 Å². The van der Waals surface area contributed by atoms with Gasteiger partial charge in [-0.05, 0) is 86.8 Å². The predicted molar refractivity (Wildman–Crippen MR) is 151 cm³/mol. The van der Waals surface area contributed by atoms with Crippen LogP contribution in [-0.2, 0) is 25.6 Å². The second-order valence-corrected chi connectivity index (χ2v) is 10.6. The van der Waals surface area contributed by atoms with Gasteiger partial charge >= 0.3 is 5.97 Å². The van der Waals surface area contributed by atoms with Crippen LogP contribution in [0.3, 0.4) is 0 Å². The first-order chi connectivity index (χ1) is 17.6. The van der Waals surface area contributed by atoms with Crippen molar-refractivity contribution in [2.75, 3.05) is 13.7 Å². The molecule has 1 aromatic carbocycles. The van der Waals surface area contributed by atoms with Crippen LogP contribution >= 0.6 is 0 Å². The Hall–Kier alpha value is -2.57. The summed E-state index contributed by atoms with van der Waals surface area (Å²) >= 11 is 0. The zero-order valence-electron chi connectivity index (χ0n) is 24.0. The van der Waals surface area contributed by atoms with Gasteiger partial charge in [0.2, 0.25) is 0 Å². The third-order valence-electron chi connectivity index (χ3n) is 6.71. The van der Waals surface area contributed by atoms with E-state index in [0.29, 0.717) is 6.54 Å². The Morgan fingerprint density at radius 2 is 1.81 bits per heavy atom. The predicted octanol–water partition coefficient (Wildman–Crippen LogP) is 6.43. The molecule has 0 spiro atoms. The number of esters is 1. The van der Waals surface area contributed by atoms with Crippen molar-refractivity contribution < 1.29 is 19.1 Å². The maximum Gasteiger partial charge on any atom is 0.325 e. The summed E-state index contributed by atoms with van der Waals surface area (Å²) in [5, 5.41) is 3.31. The van der Waals surface area contributed by atoms with Crippen LogP contribution in [0.25, 0.3) is 0 Å². The number of Topliss-reactive ketones (excluding diaryl/α,β-unsaturated/α-hetero) is 1. The number of carbonyl (C=O) groups excluding carboxylic acids is 2. The van der Waals surface area contributed by atoms with Crippen molar-refractivity contribution in [3.8, 4) is 0 Å². The molecule has 1 atom stereocenters. The molecule has 6 heteroatoms. The minimum absolute atomic E-state index is 0.0257. The second-order valence-electron chi connectivity index (χ2n) is 10.6. The zero-order valence-corrected chi connectivity index (χ0v) is 24.0. The minimum atomic E-state index is -0.522. The molecule has 0 saturated heterocycles. The summed E-state index contributed by atoms with van der Waals surface area (Å²) < 4.78 is 11.0. The molecule has 204 valence electrons. The molecule has 1 unspecified atom stereocenters. The highest BCUT2D eigenvalue weighted by atomic mass is 16.5. The SMILES string of the molecule is C/C=C(\C=C(\C)C(=O)C(C)C)C(=Nc1cc(CNC(COC)C(=O)OC2CCCC2)ccc1C)C(C)C. The molecule has 0 bridgehead atoms. The molecule has 1 N–H and O–H groups in total. The summed E-state index contributed by atoms with van der Waals surface area (Å²) in [5.41, 5.74) is 5.58. The van der Waals surface area contributed by atoms with Crippen LogP contribution < -0.4 is 5.32 Å². The number of nitrogens with zero attached hydrogens (tertiary/aromatic N) is 1. The van der Waals surface area contributed by atoms with Gasteiger partial charge in [0.15, 0.2) is 5.78 Å². The molecule has 0 radical (unpaired) electrons. The molecule has 6 nitrogen and oxygen atoms in total. The highest BCUT2D eigenvalue weighted by Crippen LogP contribution is 2.25. The van der Waals surface area contributed by atoms with Crippen LogP contribution in [0.4, 0.5) is 5.69 Å². The van der Waals surface area contributed by atoms with Crippen LogP contribution in [0.1, 0.15) is 78.4 Å². The lowest BCUT2D eigenvalue weighted by Gasteiger charge is -2.20. The lowest BCUT2D eigenvalue weighted by molar-refractivity contribution is -0.152. The number of nitrogens with one attached hydrogen (secondary N) is 1. The first-order valence-corrected chi connectivity index (χ1v) is 13.6. The molecule has 1 fully saturated rings. The average Bonchev–Trinajstić information content (AvgIpc) is 3.37. The van der Waals surface area contributed by atoms with Gasteiger partial charge in [-0.15, -0.1) is 0 Å². The number of ether oxygens (including phenoxy) is 2. The zero-order chi connectivity index (χ0) is 27.5. The van der Waals surface area contributed by atoms with E-state index < -0.39 is 6.04 Å². The summed E-state index contributed by atoms with van der Waals surface area (Å²) in [6.07, 6.45) is 8.11. The number of aliphatic imine (C=N–C) groups is 1. The van der Waals surface area contributed by atoms with E-state index in [9.17, 15) is 9.59 Å². The number of methoxy groups -OCH3 is 1. The molecule has 1 aliphatic carbocycles. The van der Waals surface area contributed by atoms with Crippen molar-refractivity contribution in [3.05, 3.63) is 52.6 Å². The fourth-order valence-electron chi connectivity index (χ4n) is 4.48. The Morgan fingerprint density at radius 1 is 1.14 bits per heavy atom. The summed E-state index contributed by atoms with van der Waals surface area (Å²) in [4.78, 5) is 30.3. The third-order valence-corrected chi connectivity index (χ3v) is 6.71. The summed E-state index contributed by atoms with van der Waals surface area (Å²) in [7, 11) is 1.59. The number of carbonyl (C=O) groups is 2. The van der Waals surface area contributed by atoms with Gasteiger partial charge in [-0.1, -0.05) is 45.9 Å². The number of allylic oxidation sites excluding steroid dienone is 4. The normalized spacial score (nSPS) is 16.5. The smallest absolute Gasteiger partial charge is 0.325 e. The first-order valence-electron chi connectivity index (χ1n) is 13.6. The Morgan fingerprint density at radius 3 is 2.38 bits per heavy atom. The molecule has 2 rings (SSSR count).